The summed E-state index contributed by atoms with van der Waals surface area (Å²) in [4.78, 5) is 4.28. The molecule has 0 spiro atoms. The highest BCUT2D eigenvalue weighted by Gasteiger charge is 2.38. The molecular formula is C14H21NO. The van der Waals surface area contributed by atoms with Crippen LogP contribution in [-0.2, 0) is 6.42 Å². The zero-order valence-electron chi connectivity index (χ0n) is 10.2. The molecule has 88 valence electrons. The molecule has 1 heterocycles. The van der Waals surface area contributed by atoms with Crippen molar-refractivity contribution < 1.29 is 5.11 Å². The highest BCUT2D eigenvalue weighted by Crippen LogP contribution is 2.44. The van der Waals surface area contributed by atoms with Crippen molar-refractivity contribution in [3.63, 3.8) is 0 Å². The molecule has 2 atom stereocenters. The summed E-state index contributed by atoms with van der Waals surface area (Å²) in [5.74, 6) is 0.425. The van der Waals surface area contributed by atoms with Crippen LogP contribution in [0.3, 0.4) is 0 Å². The fraction of sp³-hybridized carbons (Fsp3) is 0.643. The minimum atomic E-state index is -0.243. The van der Waals surface area contributed by atoms with Crippen molar-refractivity contribution in [2.45, 2.75) is 45.6 Å². The molecule has 16 heavy (non-hydrogen) atoms. The van der Waals surface area contributed by atoms with Gasteiger partial charge in [-0.2, -0.15) is 0 Å². The lowest BCUT2D eigenvalue weighted by Crippen LogP contribution is -2.31. The van der Waals surface area contributed by atoms with Crippen molar-refractivity contribution in [3.8, 4) is 0 Å². The summed E-state index contributed by atoms with van der Waals surface area (Å²) in [7, 11) is 0. The van der Waals surface area contributed by atoms with Gasteiger partial charge >= 0.3 is 0 Å². The number of aliphatic hydroxyl groups excluding tert-OH is 1. The molecule has 1 aromatic rings. The van der Waals surface area contributed by atoms with Gasteiger partial charge in [0.2, 0.25) is 0 Å². The molecule has 0 bridgehead atoms. The van der Waals surface area contributed by atoms with E-state index in [0.717, 1.165) is 12.1 Å². The van der Waals surface area contributed by atoms with E-state index in [4.69, 9.17) is 0 Å². The lowest BCUT2D eigenvalue weighted by atomic mass is 9.77. The normalized spacial score (nSPS) is 25.6. The number of nitrogens with zero attached hydrogens (tertiary/aromatic N) is 1. The van der Waals surface area contributed by atoms with E-state index in [1.807, 2.05) is 18.2 Å². The quantitative estimate of drug-likeness (QED) is 0.848. The third-order valence-corrected chi connectivity index (χ3v) is 3.95. The zero-order chi connectivity index (χ0) is 11.6. The second kappa shape index (κ2) is 4.54. The molecule has 0 radical (unpaired) electrons. The standard InChI is InChI=1S/C14H21NO/c1-14(2)8-5-7-12(14)13(16)10-11-6-3-4-9-15-11/h3-4,6,9,12-13,16H,5,7-8,10H2,1-2H3. The number of aromatic nitrogens is 1. The Morgan fingerprint density at radius 1 is 1.50 bits per heavy atom. The third-order valence-electron chi connectivity index (χ3n) is 3.95. The van der Waals surface area contributed by atoms with E-state index in [-0.39, 0.29) is 11.5 Å². The molecule has 0 aliphatic heterocycles. The van der Waals surface area contributed by atoms with E-state index in [0.29, 0.717) is 12.3 Å². The predicted molar refractivity (Wildman–Crippen MR) is 65.1 cm³/mol. The average molecular weight is 219 g/mol. The summed E-state index contributed by atoms with van der Waals surface area (Å²) in [6.07, 6.45) is 5.87. The molecule has 2 nitrogen and oxygen atoms in total. The number of rotatable bonds is 3. The number of hydrogen-bond donors (Lipinski definition) is 1. The Balaban J connectivity index is 2.01. The topological polar surface area (TPSA) is 33.1 Å². The molecule has 1 aromatic heterocycles. The highest BCUT2D eigenvalue weighted by molar-refractivity contribution is 5.06. The minimum absolute atomic E-state index is 0.243. The van der Waals surface area contributed by atoms with Crippen molar-refractivity contribution in [1.82, 2.24) is 4.98 Å². The van der Waals surface area contributed by atoms with Crippen molar-refractivity contribution in [2.75, 3.05) is 0 Å². The summed E-state index contributed by atoms with van der Waals surface area (Å²) in [5, 5.41) is 10.3. The fourth-order valence-electron chi connectivity index (χ4n) is 2.94. The number of pyridine rings is 1. The van der Waals surface area contributed by atoms with Gasteiger partial charge in [-0.25, -0.2) is 0 Å². The van der Waals surface area contributed by atoms with Crippen LogP contribution in [0, 0.1) is 11.3 Å². The first-order chi connectivity index (χ1) is 7.59. The number of aliphatic hydroxyl groups is 1. The van der Waals surface area contributed by atoms with Gasteiger partial charge < -0.3 is 5.11 Å². The van der Waals surface area contributed by atoms with Crippen LogP contribution in [-0.4, -0.2) is 16.2 Å². The Morgan fingerprint density at radius 3 is 2.88 bits per heavy atom. The van der Waals surface area contributed by atoms with Gasteiger partial charge in [-0.3, -0.25) is 4.98 Å². The maximum Gasteiger partial charge on any atom is 0.0628 e. The van der Waals surface area contributed by atoms with E-state index in [2.05, 4.69) is 18.8 Å². The lowest BCUT2D eigenvalue weighted by Gasteiger charge is -2.31. The molecule has 1 N–H and O–H groups in total. The molecule has 0 saturated heterocycles. The van der Waals surface area contributed by atoms with Gasteiger partial charge in [0.25, 0.3) is 0 Å². The molecule has 2 rings (SSSR count). The van der Waals surface area contributed by atoms with Crippen LogP contribution in [0.25, 0.3) is 0 Å². The lowest BCUT2D eigenvalue weighted by molar-refractivity contribution is 0.0536. The van der Waals surface area contributed by atoms with Crippen molar-refractivity contribution in [1.29, 1.82) is 0 Å². The summed E-state index contributed by atoms with van der Waals surface area (Å²) in [6.45, 7) is 4.54. The highest BCUT2D eigenvalue weighted by atomic mass is 16.3. The Hall–Kier alpha value is -0.890. The molecule has 0 aromatic carbocycles. The van der Waals surface area contributed by atoms with Crippen molar-refractivity contribution in [3.05, 3.63) is 30.1 Å². The summed E-state index contributed by atoms with van der Waals surface area (Å²) >= 11 is 0. The van der Waals surface area contributed by atoms with Crippen LogP contribution in [0.5, 0.6) is 0 Å². The molecule has 1 aliphatic rings. The maximum atomic E-state index is 10.3. The Bertz CT molecular complexity index is 334. The zero-order valence-corrected chi connectivity index (χ0v) is 10.2. The second-order valence-corrected chi connectivity index (χ2v) is 5.58. The van der Waals surface area contributed by atoms with E-state index in [9.17, 15) is 5.11 Å². The van der Waals surface area contributed by atoms with Gasteiger partial charge in [-0.1, -0.05) is 26.3 Å². The van der Waals surface area contributed by atoms with Gasteiger partial charge in [-0.05, 0) is 36.3 Å². The first kappa shape index (κ1) is 11.6. The van der Waals surface area contributed by atoms with Crippen molar-refractivity contribution >= 4 is 0 Å². The van der Waals surface area contributed by atoms with Crippen LogP contribution in [0.2, 0.25) is 0 Å². The first-order valence-electron chi connectivity index (χ1n) is 6.17. The van der Waals surface area contributed by atoms with Gasteiger partial charge in [0, 0.05) is 18.3 Å². The summed E-state index contributed by atoms with van der Waals surface area (Å²) in [6, 6.07) is 5.88. The second-order valence-electron chi connectivity index (χ2n) is 5.58. The largest absolute Gasteiger partial charge is 0.392 e. The smallest absolute Gasteiger partial charge is 0.0628 e. The predicted octanol–water partition coefficient (Wildman–Crippen LogP) is 2.81. The van der Waals surface area contributed by atoms with Gasteiger partial charge in [0.15, 0.2) is 0 Å². The van der Waals surface area contributed by atoms with Gasteiger partial charge in [0.05, 0.1) is 6.10 Å². The average Bonchev–Trinajstić information content (AvgIpc) is 2.59. The summed E-state index contributed by atoms with van der Waals surface area (Å²) in [5.41, 5.74) is 1.28. The molecule has 1 fully saturated rings. The monoisotopic (exact) mass is 219 g/mol. The molecule has 0 amide bonds. The van der Waals surface area contributed by atoms with Gasteiger partial charge in [-0.15, -0.1) is 0 Å². The van der Waals surface area contributed by atoms with E-state index >= 15 is 0 Å². The Morgan fingerprint density at radius 2 is 2.31 bits per heavy atom. The minimum Gasteiger partial charge on any atom is -0.392 e. The first-order valence-corrected chi connectivity index (χ1v) is 6.17. The van der Waals surface area contributed by atoms with E-state index in [1.54, 1.807) is 6.20 Å². The van der Waals surface area contributed by atoms with E-state index in [1.165, 1.54) is 12.8 Å². The van der Waals surface area contributed by atoms with Gasteiger partial charge in [0.1, 0.15) is 0 Å². The van der Waals surface area contributed by atoms with Crippen LogP contribution in [0.15, 0.2) is 24.4 Å². The molecule has 2 unspecified atom stereocenters. The van der Waals surface area contributed by atoms with Crippen LogP contribution >= 0.6 is 0 Å². The SMILES string of the molecule is CC1(C)CCCC1C(O)Cc1ccccn1. The Kier molecular flexibility index (Phi) is 3.29. The molecular weight excluding hydrogens is 198 g/mol. The number of hydrogen-bond acceptors (Lipinski definition) is 2. The third kappa shape index (κ3) is 2.43. The molecule has 1 saturated carbocycles. The fourth-order valence-corrected chi connectivity index (χ4v) is 2.94. The Labute approximate surface area is 97.7 Å². The molecule has 1 aliphatic carbocycles. The van der Waals surface area contributed by atoms with Crippen LogP contribution < -0.4 is 0 Å². The summed E-state index contributed by atoms with van der Waals surface area (Å²) < 4.78 is 0. The molecule has 2 heteroatoms. The van der Waals surface area contributed by atoms with Crippen LogP contribution in [0.4, 0.5) is 0 Å². The van der Waals surface area contributed by atoms with E-state index < -0.39 is 0 Å². The van der Waals surface area contributed by atoms with Crippen molar-refractivity contribution in [2.24, 2.45) is 11.3 Å². The maximum absolute atomic E-state index is 10.3. The van der Waals surface area contributed by atoms with Crippen LogP contribution in [0.1, 0.15) is 38.8 Å².